The normalized spacial score (nSPS) is 23.2. The first-order valence-electron chi connectivity index (χ1n) is 7.05. The minimum Gasteiger partial charge on any atom is -0.328 e. The van der Waals surface area contributed by atoms with Crippen molar-refractivity contribution < 1.29 is 0 Å². The number of aryl methyl sites for hydroxylation is 1. The molecular formula is C13H25N5. The molecule has 2 rings (SSSR count). The third-order valence-electron chi connectivity index (χ3n) is 3.78. The maximum atomic E-state index is 6.02. The van der Waals surface area contributed by atoms with E-state index in [0.29, 0.717) is 12.0 Å². The van der Waals surface area contributed by atoms with Crippen molar-refractivity contribution in [1.82, 2.24) is 19.7 Å². The predicted octanol–water partition coefficient (Wildman–Crippen LogP) is 1.25. The van der Waals surface area contributed by atoms with Crippen LogP contribution in [0.1, 0.15) is 38.9 Å². The lowest BCUT2D eigenvalue weighted by atomic mass is 9.92. The number of rotatable bonds is 5. The summed E-state index contributed by atoms with van der Waals surface area (Å²) >= 11 is 0. The number of nitrogens with two attached hydrogens (primary N) is 1. The summed E-state index contributed by atoms with van der Waals surface area (Å²) < 4.78 is 2.02. The van der Waals surface area contributed by atoms with Gasteiger partial charge in [-0.1, -0.05) is 6.92 Å². The quantitative estimate of drug-likeness (QED) is 0.855. The zero-order chi connectivity index (χ0) is 13.0. The monoisotopic (exact) mass is 251 g/mol. The maximum absolute atomic E-state index is 6.02. The van der Waals surface area contributed by atoms with Crippen molar-refractivity contribution in [1.29, 1.82) is 0 Å². The molecular weight excluding hydrogens is 226 g/mol. The molecule has 0 aromatic carbocycles. The van der Waals surface area contributed by atoms with Crippen molar-refractivity contribution in [3.05, 3.63) is 12.2 Å². The van der Waals surface area contributed by atoms with Crippen LogP contribution in [-0.2, 0) is 13.1 Å². The van der Waals surface area contributed by atoms with Crippen LogP contribution in [0.5, 0.6) is 0 Å². The number of aromatic nitrogens is 3. The second-order valence-electron chi connectivity index (χ2n) is 5.40. The third-order valence-corrected chi connectivity index (χ3v) is 3.78. The van der Waals surface area contributed by atoms with Crippen molar-refractivity contribution in [3.8, 4) is 0 Å². The molecule has 2 N–H and O–H groups in total. The van der Waals surface area contributed by atoms with Crippen molar-refractivity contribution in [3.63, 3.8) is 0 Å². The first kappa shape index (κ1) is 13.5. The van der Waals surface area contributed by atoms with E-state index in [1.165, 1.54) is 12.8 Å². The highest BCUT2D eigenvalue weighted by molar-refractivity contribution is 4.87. The van der Waals surface area contributed by atoms with E-state index in [4.69, 9.17) is 5.73 Å². The Labute approximate surface area is 109 Å². The van der Waals surface area contributed by atoms with E-state index in [1.807, 2.05) is 4.68 Å². The molecule has 1 aromatic heterocycles. The Morgan fingerprint density at radius 1 is 1.56 bits per heavy atom. The summed E-state index contributed by atoms with van der Waals surface area (Å²) in [4.78, 5) is 6.84. The summed E-state index contributed by atoms with van der Waals surface area (Å²) in [5.74, 6) is 1.71. The average Bonchev–Trinajstić information content (AvgIpc) is 2.77. The van der Waals surface area contributed by atoms with E-state index in [1.54, 1.807) is 6.33 Å². The van der Waals surface area contributed by atoms with Gasteiger partial charge in [-0.15, -0.1) is 0 Å². The molecule has 0 radical (unpaired) electrons. The van der Waals surface area contributed by atoms with Gasteiger partial charge in [0.2, 0.25) is 0 Å². The molecule has 18 heavy (non-hydrogen) atoms. The van der Waals surface area contributed by atoms with Gasteiger partial charge in [-0.3, -0.25) is 4.90 Å². The van der Waals surface area contributed by atoms with Crippen LogP contribution in [0.25, 0.3) is 0 Å². The zero-order valence-corrected chi connectivity index (χ0v) is 11.5. The van der Waals surface area contributed by atoms with Crippen molar-refractivity contribution in [2.24, 2.45) is 11.7 Å². The summed E-state index contributed by atoms with van der Waals surface area (Å²) in [6.45, 7) is 8.40. The molecule has 1 aliphatic rings. The van der Waals surface area contributed by atoms with Crippen molar-refractivity contribution >= 4 is 0 Å². The number of piperidine rings is 1. The summed E-state index contributed by atoms with van der Waals surface area (Å²) in [6, 6.07) is 0.293. The van der Waals surface area contributed by atoms with Gasteiger partial charge in [-0.05, 0) is 38.6 Å². The van der Waals surface area contributed by atoms with Gasteiger partial charge in [-0.25, -0.2) is 9.67 Å². The number of hydrogen-bond donors (Lipinski definition) is 1. The summed E-state index contributed by atoms with van der Waals surface area (Å²) in [5.41, 5.74) is 6.02. The fourth-order valence-electron chi connectivity index (χ4n) is 2.67. The average molecular weight is 251 g/mol. The fraction of sp³-hybridized carbons (Fsp3) is 0.846. The molecule has 1 aromatic rings. The lowest BCUT2D eigenvalue weighted by molar-refractivity contribution is 0.149. The van der Waals surface area contributed by atoms with E-state index in [2.05, 4.69) is 28.8 Å². The molecule has 1 saturated heterocycles. The minimum atomic E-state index is 0.293. The zero-order valence-electron chi connectivity index (χ0n) is 11.5. The summed E-state index contributed by atoms with van der Waals surface area (Å²) in [5, 5.41) is 4.28. The van der Waals surface area contributed by atoms with Crippen LogP contribution in [0.15, 0.2) is 6.33 Å². The highest BCUT2D eigenvalue weighted by Crippen LogP contribution is 2.20. The fourth-order valence-corrected chi connectivity index (χ4v) is 2.67. The van der Waals surface area contributed by atoms with Crippen LogP contribution >= 0.6 is 0 Å². The largest absolute Gasteiger partial charge is 0.328 e. The Kier molecular flexibility index (Phi) is 4.72. The lowest BCUT2D eigenvalue weighted by Gasteiger charge is -2.34. The van der Waals surface area contributed by atoms with Crippen molar-refractivity contribution in [2.45, 2.75) is 52.2 Å². The van der Waals surface area contributed by atoms with Gasteiger partial charge in [0.1, 0.15) is 12.2 Å². The number of likely N-dealkylation sites (tertiary alicyclic amines) is 1. The van der Waals surface area contributed by atoms with Gasteiger partial charge in [0.15, 0.2) is 0 Å². The first-order valence-corrected chi connectivity index (χ1v) is 7.05. The van der Waals surface area contributed by atoms with Crippen molar-refractivity contribution in [2.75, 3.05) is 13.1 Å². The Morgan fingerprint density at radius 3 is 3.11 bits per heavy atom. The molecule has 5 heteroatoms. The van der Waals surface area contributed by atoms with E-state index in [0.717, 1.165) is 38.4 Å². The van der Waals surface area contributed by atoms with Gasteiger partial charge in [0.05, 0.1) is 6.54 Å². The summed E-state index contributed by atoms with van der Waals surface area (Å²) in [6.07, 6.45) is 5.26. The van der Waals surface area contributed by atoms with E-state index < -0.39 is 0 Å². The molecule has 0 bridgehead atoms. The SMILES string of the molecule is CCCn1ncnc1CN1CCCC(C(C)N)C1. The molecule has 1 aliphatic heterocycles. The molecule has 0 saturated carbocycles. The number of hydrogen-bond acceptors (Lipinski definition) is 4. The molecule has 5 nitrogen and oxygen atoms in total. The second-order valence-corrected chi connectivity index (χ2v) is 5.40. The molecule has 2 unspecified atom stereocenters. The highest BCUT2D eigenvalue weighted by Gasteiger charge is 2.23. The Balaban J connectivity index is 1.94. The van der Waals surface area contributed by atoms with Crippen LogP contribution in [0.3, 0.4) is 0 Å². The lowest BCUT2D eigenvalue weighted by Crippen LogP contribution is -2.42. The molecule has 1 fully saturated rings. The molecule has 0 amide bonds. The Bertz CT molecular complexity index is 360. The van der Waals surface area contributed by atoms with Gasteiger partial charge in [-0.2, -0.15) is 5.10 Å². The van der Waals surface area contributed by atoms with Gasteiger partial charge in [0, 0.05) is 19.1 Å². The van der Waals surface area contributed by atoms with Gasteiger partial charge in [0.25, 0.3) is 0 Å². The summed E-state index contributed by atoms with van der Waals surface area (Å²) in [7, 11) is 0. The molecule has 102 valence electrons. The molecule has 0 spiro atoms. The Morgan fingerprint density at radius 2 is 2.39 bits per heavy atom. The molecule has 0 aliphatic carbocycles. The maximum Gasteiger partial charge on any atom is 0.141 e. The predicted molar refractivity (Wildman–Crippen MR) is 72.0 cm³/mol. The van der Waals surface area contributed by atoms with E-state index in [-0.39, 0.29) is 0 Å². The Hall–Kier alpha value is -0.940. The topological polar surface area (TPSA) is 60.0 Å². The molecule has 2 atom stereocenters. The van der Waals surface area contributed by atoms with Crippen LogP contribution in [0.4, 0.5) is 0 Å². The standard InChI is InChI=1S/C13H25N5/c1-3-6-18-13(15-10-16-18)9-17-7-4-5-12(8-17)11(2)14/h10-12H,3-9,14H2,1-2H3. The second kappa shape index (κ2) is 6.29. The highest BCUT2D eigenvalue weighted by atomic mass is 15.3. The number of nitrogens with zero attached hydrogens (tertiary/aromatic N) is 4. The van der Waals surface area contributed by atoms with Crippen LogP contribution in [0.2, 0.25) is 0 Å². The van der Waals surface area contributed by atoms with Gasteiger partial charge < -0.3 is 5.73 Å². The third kappa shape index (κ3) is 3.29. The van der Waals surface area contributed by atoms with Crippen LogP contribution in [0, 0.1) is 5.92 Å². The van der Waals surface area contributed by atoms with Gasteiger partial charge >= 0.3 is 0 Å². The minimum absolute atomic E-state index is 0.293. The first-order chi connectivity index (χ1) is 8.70. The van der Waals surface area contributed by atoms with E-state index >= 15 is 0 Å². The smallest absolute Gasteiger partial charge is 0.141 e. The van der Waals surface area contributed by atoms with Crippen LogP contribution in [-0.4, -0.2) is 38.8 Å². The van der Waals surface area contributed by atoms with Crippen LogP contribution < -0.4 is 5.73 Å². The molecule has 2 heterocycles. The van der Waals surface area contributed by atoms with E-state index in [9.17, 15) is 0 Å².